The Morgan fingerprint density at radius 3 is 2.20 bits per heavy atom. The fraction of sp³-hybridized carbons (Fsp3) is 0.900. The SMILES string of the molecule is COC(=O)CCN1CCN(CCN)CC1. The first-order chi connectivity index (χ1) is 7.26. The van der Waals surface area contributed by atoms with Crippen molar-refractivity contribution < 1.29 is 9.53 Å². The van der Waals surface area contributed by atoms with Crippen molar-refractivity contribution in [3.05, 3.63) is 0 Å². The van der Waals surface area contributed by atoms with Crippen molar-refractivity contribution in [2.45, 2.75) is 6.42 Å². The molecule has 0 bridgehead atoms. The number of methoxy groups -OCH3 is 1. The lowest BCUT2D eigenvalue weighted by Gasteiger charge is -2.34. The van der Waals surface area contributed by atoms with Crippen LogP contribution in [0.1, 0.15) is 6.42 Å². The number of piperazine rings is 1. The maximum absolute atomic E-state index is 10.9. The van der Waals surface area contributed by atoms with E-state index in [0.717, 1.165) is 45.8 Å². The predicted molar refractivity (Wildman–Crippen MR) is 58.6 cm³/mol. The molecule has 1 saturated heterocycles. The van der Waals surface area contributed by atoms with Crippen molar-refractivity contribution in [3.8, 4) is 0 Å². The molecule has 0 unspecified atom stereocenters. The van der Waals surface area contributed by atoms with Gasteiger partial charge < -0.3 is 15.4 Å². The van der Waals surface area contributed by atoms with Gasteiger partial charge in [0.25, 0.3) is 0 Å². The van der Waals surface area contributed by atoms with E-state index in [1.165, 1.54) is 7.11 Å². The third-order valence-corrected chi connectivity index (χ3v) is 2.77. The lowest BCUT2D eigenvalue weighted by atomic mass is 10.3. The lowest BCUT2D eigenvalue weighted by molar-refractivity contribution is -0.141. The Labute approximate surface area is 91.2 Å². The van der Waals surface area contributed by atoms with Crippen molar-refractivity contribution in [3.63, 3.8) is 0 Å². The highest BCUT2D eigenvalue weighted by Gasteiger charge is 2.16. The fourth-order valence-electron chi connectivity index (χ4n) is 1.77. The van der Waals surface area contributed by atoms with Crippen LogP contribution in [0.4, 0.5) is 0 Å². The monoisotopic (exact) mass is 215 g/mol. The van der Waals surface area contributed by atoms with Crippen LogP contribution >= 0.6 is 0 Å². The Hall–Kier alpha value is -0.650. The molecule has 5 nitrogen and oxygen atoms in total. The summed E-state index contributed by atoms with van der Waals surface area (Å²) in [5.74, 6) is -0.126. The van der Waals surface area contributed by atoms with Crippen LogP contribution in [0.25, 0.3) is 0 Å². The molecule has 0 aromatic carbocycles. The summed E-state index contributed by atoms with van der Waals surface area (Å²) >= 11 is 0. The molecule has 2 N–H and O–H groups in total. The Balaban J connectivity index is 2.12. The Bertz CT molecular complexity index is 191. The fourth-order valence-corrected chi connectivity index (χ4v) is 1.77. The van der Waals surface area contributed by atoms with Crippen LogP contribution in [0.3, 0.4) is 0 Å². The molecule has 0 radical (unpaired) electrons. The van der Waals surface area contributed by atoms with E-state index in [1.807, 2.05) is 0 Å². The molecule has 0 amide bonds. The second kappa shape index (κ2) is 6.76. The Morgan fingerprint density at radius 2 is 1.73 bits per heavy atom. The number of carbonyl (C=O) groups is 1. The van der Waals surface area contributed by atoms with E-state index < -0.39 is 0 Å². The van der Waals surface area contributed by atoms with Crippen LogP contribution in [-0.2, 0) is 9.53 Å². The molecule has 1 aliphatic rings. The summed E-state index contributed by atoms with van der Waals surface area (Å²) in [6, 6.07) is 0. The van der Waals surface area contributed by atoms with E-state index in [1.54, 1.807) is 0 Å². The third kappa shape index (κ3) is 4.59. The average Bonchev–Trinajstić information content (AvgIpc) is 2.28. The minimum absolute atomic E-state index is 0.126. The highest BCUT2D eigenvalue weighted by Crippen LogP contribution is 2.02. The number of hydrogen-bond donors (Lipinski definition) is 1. The van der Waals surface area contributed by atoms with Crippen LogP contribution in [0, 0.1) is 0 Å². The summed E-state index contributed by atoms with van der Waals surface area (Å²) in [5.41, 5.74) is 5.49. The Morgan fingerprint density at radius 1 is 1.20 bits per heavy atom. The second-order valence-corrected chi connectivity index (χ2v) is 3.80. The van der Waals surface area contributed by atoms with Crippen molar-refractivity contribution in [1.82, 2.24) is 9.80 Å². The smallest absolute Gasteiger partial charge is 0.306 e. The number of nitrogens with two attached hydrogens (primary N) is 1. The highest BCUT2D eigenvalue weighted by atomic mass is 16.5. The lowest BCUT2D eigenvalue weighted by Crippen LogP contribution is -2.48. The van der Waals surface area contributed by atoms with Crippen LogP contribution < -0.4 is 5.73 Å². The third-order valence-electron chi connectivity index (χ3n) is 2.77. The standard InChI is InChI=1S/C10H21N3O2/c1-15-10(14)2-4-12-6-8-13(5-3-11)9-7-12/h2-9,11H2,1H3. The van der Waals surface area contributed by atoms with Gasteiger partial charge in [0, 0.05) is 45.8 Å². The zero-order valence-corrected chi connectivity index (χ0v) is 9.45. The first kappa shape index (κ1) is 12.4. The molecule has 0 spiro atoms. The summed E-state index contributed by atoms with van der Waals surface area (Å²) in [6.45, 7) is 6.67. The maximum Gasteiger partial charge on any atom is 0.306 e. The highest BCUT2D eigenvalue weighted by molar-refractivity contribution is 5.69. The molecule has 15 heavy (non-hydrogen) atoms. The number of rotatable bonds is 5. The molecule has 5 heteroatoms. The molecule has 1 heterocycles. The molecular weight excluding hydrogens is 194 g/mol. The van der Waals surface area contributed by atoms with Crippen molar-refractivity contribution in [1.29, 1.82) is 0 Å². The number of carbonyl (C=O) groups excluding carboxylic acids is 1. The van der Waals surface area contributed by atoms with Crippen molar-refractivity contribution in [2.24, 2.45) is 5.73 Å². The second-order valence-electron chi connectivity index (χ2n) is 3.80. The molecule has 0 aromatic rings. The largest absolute Gasteiger partial charge is 0.469 e. The predicted octanol–water partition coefficient (Wildman–Crippen LogP) is -0.874. The van der Waals surface area contributed by atoms with Crippen LogP contribution in [0.2, 0.25) is 0 Å². The molecule has 0 atom stereocenters. The van der Waals surface area contributed by atoms with Crippen LogP contribution in [0.15, 0.2) is 0 Å². The van der Waals surface area contributed by atoms with E-state index in [2.05, 4.69) is 14.5 Å². The topological polar surface area (TPSA) is 58.8 Å². The first-order valence-corrected chi connectivity index (χ1v) is 5.48. The molecule has 0 aromatic heterocycles. The summed E-state index contributed by atoms with van der Waals surface area (Å²) in [6.07, 6.45) is 0.493. The van der Waals surface area contributed by atoms with Crippen molar-refractivity contribution in [2.75, 3.05) is 52.9 Å². The van der Waals surface area contributed by atoms with Gasteiger partial charge in [-0.05, 0) is 0 Å². The van der Waals surface area contributed by atoms with Gasteiger partial charge in [0.2, 0.25) is 0 Å². The molecule has 0 saturated carbocycles. The van der Waals surface area contributed by atoms with E-state index in [-0.39, 0.29) is 5.97 Å². The van der Waals surface area contributed by atoms with Crippen LogP contribution in [0.5, 0.6) is 0 Å². The van der Waals surface area contributed by atoms with Gasteiger partial charge in [-0.2, -0.15) is 0 Å². The molecule has 1 fully saturated rings. The quantitative estimate of drug-likeness (QED) is 0.604. The average molecular weight is 215 g/mol. The van der Waals surface area contributed by atoms with E-state index in [0.29, 0.717) is 6.42 Å². The van der Waals surface area contributed by atoms with Crippen LogP contribution in [-0.4, -0.2) is 68.7 Å². The van der Waals surface area contributed by atoms with Gasteiger partial charge in [0.15, 0.2) is 0 Å². The molecule has 1 rings (SSSR count). The number of hydrogen-bond acceptors (Lipinski definition) is 5. The van der Waals surface area contributed by atoms with Crippen molar-refractivity contribution >= 4 is 5.97 Å². The number of nitrogens with zero attached hydrogens (tertiary/aromatic N) is 2. The molecular formula is C10H21N3O2. The van der Waals surface area contributed by atoms with Gasteiger partial charge >= 0.3 is 5.97 Å². The minimum atomic E-state index is -0.126. The summed E-state index contributed by atoms with van der Waals surface area (Å²) < 4.78 is 4.61. The summed E-state index contributed by atoms with van der Waals surface area (Å²) in [4.78, 5) is 15.6. The summed E-state index contributed by atoms with van der Waals surface area (Å²) in [7, 11) is 1.43. The van der Waals surface area contributed by atoms with Gasteiger partial charge in [0.1, 0.15) is 0 Å². The molecule has 1 aliphatic heterocycles. The minimum Gasteiger partial charge on any atom is -0.469 e. The maximum atomic E-state index is 10.9. The van der Waals surface area contributed by atoms with E-state index in [4.69, 9.17) is 5.73 Å². The van der Waals surface area contributed by atoms with E-state index in [9.17, 15) is 4.79 Å². The summed E-state index contributed by atoms with van der Waals surface area (Å²) in [5, 5.41) is 0. The molecule has 0 aliphatic carbocycles. The zero-order chi connectivity index (χ0) is 11.1. The van der Waals surface area contributed by atoms with Gasteiger partial charge in [0.05, 0.1) is 13.5 Å². The molecule has 88 valence electrons. The zero-order valence-electron chi connectivity index (χ0n) is 9.45. The van der Waals surface area contributed by atoms with Gasteiger partial charge in [-0.25, -0.2) is 0 Å². The number of ether oxygens (including phenoxy) is 1. The normalized spacial score (nSPS) is 19.1. The van der Waals surface area contributed by atoms with Gasteiger partial charge in [-0.3, -0.25) is 9.69 Å². The van der Waals surface area contributed by atoms with Gasteiger partial charge in [-0.1, -0.05) is 0 Å². The van der Waals surface area contributed by atoms with Gasteiger partial charge in [-0.15, -0.1) is 0 Å². The Kier molecular flexibility index (Phi) is 5.60. The van der Waals surface area contributed by atoms with E-state index >= 15 is 0 Å². The number of esters is 1. The first-order valence-electron chi connectivity index (χ1n) is 5.48.